The Bertz CT molecular complexity index is 329. The Morgan fingerprint density at radius 3 is 2.50 bits per heavy atom. The van der Waals surface area contributed by atoms with Crippen LogP contribution in [0.3, 0.4) is 0 Å². The van der Waals surface area contributed by atoms with E-state index >= 15 is 0 Å². The van der Waals surface area contributed by atoms with Gasteiger partial charge in [0.1, 0.15) is 0 Å². The van der Waals surface area contributed by atoms with Crippen LogP contribution in [0.25, 0.3) is 0 Å². The van der Waals surface area contributed by atoms with Crippen LogP contribution in [0.5, 0.6) is 0 Å². The minimum Gasteiger partial charge on any atom is -0.396 e. The van der Waals surface area contributed by atoms with Gasteiger partial charge in [0.15, 0.2) is 0 Å². The third-order valence-electron chi connectivity index (χ3n) is 4.32. The molecule has 0 aromatic heterocycles. The van der Waals surface area contributed by atoms with Crippen LogP contribution in [-0.4, -0.2) is 22.4 Å². The summed E-state index contributed by atoms with van der Waals surface area (Å²) >= 11 is 0. The molecule has 0 bridgehead atoms. The summed E-state index contributed by atoms with van der Waals surface area (Å²) in [6, 6.07) is 0. The lowest BCUT2D eigenvalue weighted by Gasteiger charge is -2.44. The van der Waals surface area contributed by atoms with Crippen molar-refractivity contribution in [3.05, 3.63) is 23.3 Å². The number of hydrogen-bond donors (Lipinski definition) is 2. The summed E-state index contributed by atoms with van der Waals surface area (Å²) in [5.74, 6) is 0. The molecule has 1 atom stereocenters. The van der Waals surface area contributed by atoms with Gasteiger partial charge in [-0.25, -0.2) is 0 Å². The first-order chi connectivity index (χ1) is 8.31. The Balaban J connectivity index is 2.61. The highest BCUT2D eigenvalue weighted by Gasteiger charge is 2.43. The van der Waals surface area contributed by atoms with E-state index in [4.69, 9.17) is 0 Å². The van der Waals surface area contributed by atoms with Gasteiger partial charge in [-0.15, -0.1) is 0 Å². The topological polar surface area (TPSA) is 40.5 Å². The van der Waals surface area contributed by atoms with E-state index in [1.807, 2.05) is 13.8 Å². The molecule has 2 nitrogen and oxygen atoms in total. The molecule has 1 aliphatic rings. The van der Waals surface area contributed by atoms with E-state index in [9.17, 15) is 10.2 Å². The van der Waals surface area contributed by atoms with Gasteiger partial charge in [-0.3, -0.25) is 0 Å². The van der Waals surface area contributed by atoms with E-state index in [-0.39, 0.29) is 12.0 Å². The second-order valence-corrected chi connectivity index (χ2v) is 6.38. The summed E-state index contributed by atoms with van der Waals surface area (Å²) in [6.07, 6.45) is 9.38. The quantitative estimate of drug-likeness (QED) is 0.734. The summed E-state index contributed by atoms with van der Waals surface area (Å²) in [6.45, 7) is 7.94. The fraction of sp³-hybridized carbons (Fsp3) is 0.750. The molecule has 0 aromatic carbocycles. The van der Waals surface area contributed by atoms with Crippen LogP contribution >= 0.6 is 0 Å². The van der Waals surface area contributed by atoms with Crippen molar-refractivity contribution in [2.45, 2.75) is 65.4 Å². The van der Waals surface area contributed by atoms with Gasteiger partial charge in [0.05, 0.1) is 12.2 Å². The van der Waals surface area contributed by atoms with Gasteiger partial charge < -0.3 is 10.2 Å². The van der Waals surface area contributed by atoms with Crippen LogP contribution in [0.15, 0.2) is 23.3 Å². The predicted molar refractivity (Wildman–Crippen MR) is 76.4 cm³/mol. The molecule has 0 saturated carbocycles. The molecule has 2 heteroatoms. The van der Waals surface area contributed by atoms with Crippen LogP contribution in [0, 0.1) is 5.41 Å². The second-order valence-electron chi connectivity index (χ2n) is 6.38. The minimum absolute atomic E-state index is 0.0637. The van der Waals surface area contributed by atoms with Gasteiger partial charge in [-0.1, -0.05) is 23.3 Å². The largest absolute Gasteiger partial charge is 0.396 e. The highest BCUT2D eigenvalue weighted by Crippen LogP contribution is 2.44. The first kappa shape index (κ1) is 15.5. The molecular weight excluding hydrogens is 224 g/mol. The fourth-order valence-corrected chi connectivity index (χ4v) is 2.61. The van der Waals surface area contributed by atoms with E-state index in [2.05, 4.69) is 26.0 Å². The van der Waals surface area contributed by atoms with Gasteiger partial charge >= 0.3 is 0 Å². The highest BCUT2D eigenvalue weighted by molar-refractivity contribution is 5.14. The molecule has 0 aromatic rings. The molecule has 1 unspecified atom stereocenters. The summed E-state index contributed by atoms with van der Waals surface area (Å²) in [7, 11) is 0. The zero-order valence-electron chi connectivity index (χ0n) is 12.3. The van der Waals surface area contributed by atoms with Crippen molar-refractivity contribution in [3.8, 4) is 0 Å². The highest BCUT2D eigenvalue weighted by atomic mass is 16.3. The number of rotatable bonds is 5. The smallest absolute Gasteiger partial charge is 0.0672 e. The third kappa shape index (κ3) is 3.69. The van der Waals surface area contributed by atoms with Gasteiger partial charge in [0.2, 0.25) is 0 Å². The van der Waals surface area contributed by atoms with Crippen molar-refractivity contribution in [3.63, 3.8) is 0 Å². The van der Waals surface area contributed by atoms with Gasteiger partial charge in [-0.2, -0.15) is 0 Å². The normalized spacial score (nSPS) is 24.7. The second kappa shape index (κ2) is 6.03. The number of aliphatic hydroxyl groups is 2. The Morgan fingerprint density at radius 2 is 2.11 bits per heavy atom. The maximum atomic E-state index is 10.2. The fourth-order valence-electron chi connectivity index (χ4n) is 2.61. The standard InChI is InChI=1S/C16H28O2/c1-13(2)6-5-7-14-8-10-16(12-17,11-9-14)15(3,4)18/h6,8,17-18H,5,7,9-12H2,1-4H3. The molecule has 104 valence electrons. The van der Waals surface area contributed by atoms with E-state index in [0.29, 0.717) is 0 Å². The number of allylic oxidation sites excluding steroid dienone is 4. The zero-order valence-corrected chi connectivity index (χ0v) is 12.3. The molecule has 18 heavy (non-hydrogen) atoms. The maximum Gasteiger partial charge on any atom is 0.0672 e. The number of hydrogen-bond acceptors (Lipinski definition) is 2. The van der Waals surface area contributed by atoms with Gasteiger partial charge in [-0.05, 0) is 59.8 Å². The van der Waals surface area contributed by atoms with Crippen molar-refractivity contribution < 1.29 is 10.2 Å². The van der Waals surface area contributed by atoms with Crippen molar-refractivity contribution >= 4 is 0 Å². The van der Waals surface area contributed by atoms with Crippen LogP contribution in [0.4, 0.5) is 0 Å². The molecule has 0 aliphatic heterocycles. The molecule has 0 amide bonds. The van der Waals surface area contributed by atoms with Gasteiger partial charge in [0.25, 0.3) is 0 Å². The van der Waals surface area contributed by atoms with Crippen LogP contribution in [-0.2, 0) is 0 Å². The van der Waals surface area contributed by atoms with Gasteiger partial charge in [0, 0.05) is 5.41 Å². The lowest BCUT2D eigenvalue weighted by atomic mass is 9.65. The lowest BCUT2D eigenvalue weighted by molar-refractivity contribution is -0.0900. The average molecular weight is 252 g/mol. The van der Waals surface area contributed by atoms with E-state index in [1.165, 1.54) is 11.1 Å². The van der Waals surface area contributed by atoms with Crippen molar-refractivity contribution in [1.29, 1.82) is 0 Å². The molecule has 2 N–H and O–H groups in total. The van der Waals surface area contributed by atoms with E-state index in [1.54, 1.807) is 0 Å². The Morgan fingerprint density at radius 1 is 1.44 bits per heavy atom. The summed E-state index contributed by atoms with van der Waals surface area (Å²) < 4.78 is 0. The van der Waals surface area contributed by atoms with E-state index < -0.39 is 5.60 Å². The molecule has 1 rings (SSSR count). The first-order valence-electron chi connectivity index (χ1n) is 6.95. The Labute approximate surface area is 111 Å². The van der Waals surface area contributed by atoms with Crippen molar-refractivity contribution in [1.82, 2.24) is 0 Å². The maximum absolute atomic E-state index is 10.2. The molecule has 1 aliphatic carbocycles. The molecule has 0 radical (unpaired) electrons. The minimum atomic E-state index is -0.816. The lowest BCUT2D eigenvalue weighted by Crippen LogP contribution is -2.47. The molecule has 0 saturated heterocycles. The monoisotopic (exact) mass is 252 g/mol. The van der Waals surface area contributed by atoms with Crippen molar-refractivity contribution in [2.75, 3.05) is 6.61 Å². The molecule has 0 heterocycles. The Hall–Kier alpha value is -0.600. The van der Waals surface area contributed by atoms with E-state index in [0.717, 1.165) is 32.1 Å². The molecular formula is C16H28O2. The van der Waals surface area contributed by atoms with Crippen LogP contribution < -0.4 is 0 Å². The predicted octanol–water partition coefficient (Wildman–Crippen LogP) is 3.59. The molecule has 0 spiro atoms. The Kier molecular flexibility index (Phi) is 5.18. The summed E-state index contributed by atoms with van der Waals surface area (Å²) in [5, 5.41) is 19.8. The SMILES string of the molecule is CC(C)=CCCC1=CCC(CO)(C(C)(C)O)CC1. The third-order valence-corrected chi connectivity index (χ3v) is 4.32. The van der Waals surface area contributed by atoms with Crippen LogP contribution in [0.2, 0.25) is 0 Å². The number of aliphatic hydroxyl groups excluding tert-OH is 1. The average Bonchev–Trinajstić information content (AvgIpc) is 2.28. The van der Waals surface area contributed by atoms with Crippen LogP contribution in [0.1, 0.15) is 59.8 Å². The molecule has 0 fully saturated rings. The zero-order chi connectivity index (χ0) is 13.8. The first-order valence-corrected chi connectivity index (χ1v) is 6.95. The summed E-state index contributed by atoms with van der Waals surface area (Å²) in [5.41, 5.74) is 1.67. The van der Waals surface area contributed by atoms with Crippen molar-refractivity contribution in [2.24, 2.45) is 5.41 Å². The summed E-state index contributed by atoms with van der Waals surface area (Å²) in [4.78, 5) is 0.